The maximum atomic E-state index is 10.3. The predicted molar refractivity (Wildman–Crippen MR) is 52.8 cm³/mol. The number of rotatable bonds is 3. The largest absolute Gasteiger partial charge is 0.383 e. The van der Waals surface area contributed by atoms with E-state index in [4.69, 9.17) is 5.26 Å². The fraction of sp³-hybridized carbons (Fsp3) is 0.100. The van der Waals surface area contributed by atoms with Gasteiger partial charge < -0.3 is 5.11 Å². The lowest BCUT2D eigenvalue weighted by atomic mass is 10.0. The zero-order valence-electron chi connectivity index (χ0n) is 7.75. The zero-order chi connectivity index (χ0) is 11.4. The quantitative estimate of drug-likeness (QED) is 0.461. The molecule has 0 bridgehead atoms. The maximum Gasteiger partial charge on any atom is 0.269 e. The number of hydrogen-bond donors (Lipinski definition) is 1. The van der Waals surface area contributed by atoms with Crippen molar-refractivity contribution < 1.29 is 10.0 Å². The Labute approximate surface area is 86.0 Å². The average Bonchev–Trinajstić information content (AvgIpc) is 2.27. The number of non-ortho nitro benzene ring substituents is 1. The van der Waals surface area contributed by atoms with Crippen molar-refractivity contribution in [3.63, 3.8) is 0 Å². The van der Waals surface area contributed by atoms with E-state index in [1.165, 1.54) is 24.3 Å². The average molecular weight is 204 g/mol. The van der Waals surface area contributed by atoms with Crippen LogP contribution in [-0.4, -0.2) is 10.0 Å². The molecule has 0 spiro atoms. The molecule has 0 aliphatic carbocycles. The molecule has 0 aliphatic rings. The monoisotopic (exact) mass is 204 g/mol. The molecule has 15 heavy (non-hydrogen) atoms. The van der Waals surface area contributed by atoms with Crippen molar-refractivity contribution in [3.8, 4) is 6.07 Å². The molecule has 1 N–H and O–H groups in total. The first-order chi connectivity index (χ1) is 7.06. The van der Waals surface area contributed by atoms with E-state index in [0.717, 1.165) is 0 Å². The van der Waals surface area contributed by atoms with Gasteiger partial charge in [0.05, 0.1) is 16.6 Å². The molecule has 0 fully saturated rings. The molecule has 0 radical (unpaired) electrons. The van der Waals surface area contributed by atoms with Crippen LogP contribution in [0.25, 0.3) is 0 Å². The minimum Gasteiger partial charge on any atom is -0.383 e. The van der Waals surface area contributed by atoms with E-state index in [1.807, 2.05) is 0 Å². The van der Waals surface area contributed by atoms with Crippen LogP contribution in [0.3, 0.4) is 0 Å². The molecule has 1 aromatic rings. The molecule has 0 aliphatic heterocycles. The van der Waals surface area contributed by atoms with E-state index >= 15 is 0 Å². The number of aliphatic hydroxyl groups is 1. The third-order valence-electron chi connectivity index (χ3n) is 1.89. The van der Waals surface area contributed by atoms with Gasteiger partial charge in [0, 0.05) is 12.1 Å². The molecule has 0 aromatic heterocycles. The molecule has 0 saturated heterocycles. The van der Waals surface area contributed by atoms with Gasteiger partial charge in [-0.1, -0.05) is 6.58 Å². The maximum absolute atomic E-state index is 10.3. The van der Waals surface area contributed by atoms with Gasteiger partial charge in [-0.05, 0) is 17.7 Å². The van der Waals surface area contributed by atoms with E-state index in [-0.39, 0.29) is 11.3 Å². The zero-order valence-corrected chi connectivity index (χ0v) is 7.75. The molecule has 76 valence electrons. The van der Waals surface area contributed by atoms with Gasteiger partial charge in [0.1, 0.15) is 6.10 Å². The second kappa shape index (κ2) is 4.35. The summed E-state index contributed by atoms with van der Waals surface area (Å²) in [4.78, 5) is 9.81. The van der Waals surface area contributed by atoms with Crippen molar-refractivity contribution in [2.45, 2.75) is 6.10 Å². The smallest absolute Gasteiger partial charge is 0.269 e. The predicted octanol–water partition coefficient (Wildman–Crippen LogP) is 1.71. The molecular formula is C10H8N2O3. The molecule has 0 unspecified atom stereocenters. The molecule has 0 amide bonds. The fourth-order valence-electron chi connectivity index (χ4n) is 1.04. The Kier molecular flexibility index (Phi) is 3.16. The van der Waals surface area contributed by atoms with Crippen LogP contribution in [0.2, 0.25) is 0 Å². The number of nitro groups is 1. The standard InChI is InChI=1S/C10H8N2O3/c1-7(6-11)10(13)8-2-4-9(5-3-8)12(14)15/h2-5,10,13H,1H2/t10-/m1/s1. The highest BCUT2D eigenvalue weighted by atomic mass is 16.6. The van der Waals surface area contributed by atoms with Gasteiger partial charge in [-0.3, -0.25) is 10.1 Å². The second-order valence-corrected chi connectivity index (χ2v) is 2.89. The lowest BCUT2D eigenvalue weighted by Gasteiger charge is -2.07. The van der Waals surface area contributed by atoms with Crippen LogP contribution in [-0.2, 0) is 0 Å². The Morgan fingerprint density at radius 3 is 2.47 bits per heavy atom. The topological polar surface area (TPSA) is 87.2 Å². The number of nitriles is 1. The Morgan fingerprint density at radius 2 is 2.07 bits per heavy atom. The summed E-state index contributed by atoms with van der Waals surface area (Å²) in [7, 11) is 0. The van der Waals surface area contributed by atoms with E-state index < -0.39 is 11.0 Å². The summed E-state index contributed by atoms with van der Waals surface area (Å²) >= 11 is 0. The molecule has 5 nitrogen and oxygen atoms in total. The third kappa shape index (κ3) is 2.39. The third-order valence-corrected chi connectivity index (χ3v) is 1.89. The molecular weight excluding hydrogens is 196 g/mol. The molecule has 1 aromatic carbocycles. The van der Waals surface area contributed by atoms with Gasteiger partial charge in [-0.15, -0.1) is 0 Å². The molecule has 0 saturated carbocycles. The second-order valence-electron chi connectivity index (χ2n) is 2.89. The first kappa shape index (κ1) is 10.9. The van der Waals surface area contributed by atoms with Crippen molar-refractivity contribution in [1.29, 1.82) is 5.26 Å². The fourth-order valence-corrected chi connectivity index (χ4v) is 1.04. The normalized spacial score (nSPS) is 11.5. The summed E-state index contributed by atoms with van der Waals surface area (Å²) in [5.41, 5.74) is 0.351. The highest BCUT2D eigenvalue weighted by Crippen LogP contribution is 2.21. The van der Waals surface area contributed by atoms with E-state index in [1.54, 1.807) is 6.07 Å². The Bertz CT molecular complexity index is 431. The van der Waals surface area contributed by atoms with Gasteiger partial charge >= 0.3 is 0 Å². The minimum atomic E-state index is -1.10. The number of hydrogen-bond acceptors (Lipinski definition) is 4. The molecule has 1 atom stereocenters. The Hall–Kier alpha value is -2.19. The minimum absolute atomic E-state index is 0.00357. The van der Waals surface area contributed by atoms with Crippen LogP contribution < -0.4 is 0 Å². The molecule has 0 heterocycles. The van der Waals surface area contributed by atoms with Gasteiger partial charge in [-0.2, -0.15) is 5.26 Å². The van der Waals surface area contributed by atoms with Crippen molar-refractivity contribution >= 4 is 5.69 Å². The first-order valence-corrected chi connectivity index (χ1v) is 4.07. The van der Waals surface area contributed by atoms with Crippen LogP contribution in [0.5, 0.6) is 0 Å². The Morgan fingerprint density at radius 1 is 1.53 bits per heavy atom. The summed E-state index contributed by atoms with van der Waals surface area (Å²) in [6, 6.07) is 7.04. The van der Waals surface area contributed by atoms with Crippen LogP contribution >= 0.6 is 0 Å². The van der Waals surface area contributed by atoms with Gasteiger partial charge in [0.15, 0.2) is 0 Å². The van der Waals surface area contributed by atoms with Crippen LogP contribution in [0.1, 0.15) is 11.7 Å². The van der Waals surface area contributed by atoms with Crippen LogP contribution in [0, 0.1) is 21.4 Å². The molecule has 5 heteroatoms. The van der Waals surface area contributed by atoms with Gasteiger partial charge in [0.25, 0.3) is 5.69 Å². The molecule has 1 rings (SSSR count). The summed E-state index contributed by atoms with van der Waals surface area (Å²) in [6.45, 7) is 3.36. The van der Waals surface area contributed by atoms with Gasteiger partial charge in [0.2, 0.25) is 0 Å². The Balaban J connectivity index is 2.95. The highest BCUT2D eigenvalue weighted by Gasteiger charge is 2.12. The lowest BCUT2D eigenvalue weighted by Crippen LogP contribution is -1.99. The first-order valence-electron chi connectivity index (χ1n) is 4.07. The number of nitrogens with zero attached hydrogens (tertiary/aromatic N) is 2. The van der Waals surface area contributed by atoms with Gasteiger partial charge in [-0.25, -0.2) is 0 Å². The number of aliphatic hydroxyl groups excluding tert-OH is 1. The van der Waals surface area contributed by atoms with Crippen molar-refractivity contribution in [3.05, 3.63) is 52.1 Å². The van der Waals surface area contributed by atoms with Crippen molar-refractivity contribution in [2.24, 2.45) is 0 Å². The highest BCUT2D eigenvalue weighted by molar-refractivity contribution is 5.38. The van der Waals surface area contributed by atoms with Crippen molar-refractivity contribution in [1.82, 2.24) is 0 Å². The SMILES string of the molecule is C=C(C#N)[C@@H](O)c1ccc([N+](=O)[O-])cc1. The lowest BCUT2D eigenvalue weighted by molar-refractivity contribution is -0.384. The number of nitro benzene ring substituents is 1. The van der Waals surface area contributed by atoms with Crippen molar-refractivity contribution in [2.75, 3.05) is 0 Å². The summed E-state index contributed by atoms with van der Waals surface area (Å²) < 4.78 is 0. The summed E-state index contributed by atoms with van der Waals surface area (Å²) in [6.07, 6.45) is -1.10. The number of benzene rings is 1. The summed E-state index contributed by atoms with van der Waals surface area (Å²) in [5.74, 6) is 0. The van der Waals surface area contributed by atoms with Crippen LogP contribution in [0.15, 0.2) is 36.4 Å². The van der Waals surface area contributed by atoms with E-state index in [2.05, 4.69) is 6.58 Å². The van der Waals surface area contributed by atoms with Crippen LogP contribution in [0.4, 0.5) is 5.69 Å². The van der Waals surface area contributed by atoms with E-state index in [9.17, 15) is 15.2 Å². The van der Waals surface area contributed by atoms with E-state index in [0.29, 0.717) is 5.56 Å². The summed E-state index contributed by atoms with van der Waals surface area (Å²) in [5, 5.41) is 28.4.